The minimum Gasteiger partial charge on any atom is -0.481 e. The molecule has 0 aliphatic heterocycles. The molecule has 3 aliphatic rings. The van der Waals surface area contributed by atoms with E-state index in [9.17, 15) is 34.2 Å². The molecule has 2 unspecified atom stereocenters. The second-order valence-electron chi connectivity index (χ2n) is 21.6. The number of aliphatic hydroxyl groups excluding tert-OH is 1. The normalized spacial score (nSPS) is 19.5. The number of hydrogen-bond acceptors (Lipinski definition) is 10. The lowest BCUT2D eigenvalue weighted by molar-refractivity contribution is -0.142. The number of carbonyl (C=O) groups excluding carboxylic acids is 3. The molecular formula is C66H62N12O7Si. The zero-order valence-corrected chi connectivity index (χ0v) is 48.8. The summed E-state index contributed by atoms with van der Waals surface area (Å²) >= 11 is 0. The maximum absolute atomic E-state index is 13.2. The van der Waals surface area contributed by atoms with Gasteiger partial charge in [0.25, 0.3) is 0 Å². The summed E-state index contributed by atoms with van der Waals surface area (Å²) in [6, 6.07) is 43.6. The predicted octanol–water partition coefficient (Wildman–Crippen LogP) is 17.8. The average molecular weight is 1160 g/mol. The van der Waals surface area contributed by atoms with Gasteiger partial charge < -0.3 is 15.0 Å². The molecule has 19 nitrogen and oxygen atoms in total. The molecule has 0 bridgehead atoms. The van der Waals surface area contributed by atoms with E-state index < -0.39 is 20.2 Å². The summed E-state index contributed by atoms with van der Waals surface area (Å²) in [5.74, 6) is -1.65. The predicted molar refractivity (Wildman–Crippen MR) is 339 cm³/mol. The molecule has 20 heteroatoms. The molecule has 86 heavy (non-hydrogen) atoms. The standard InChI is InChI=1S/C22H22N6O2Si.C22H19N3O3.C22H21N3O2/c1-31(2,30)21-13-17(11-15-3-7-19(8-4-15)25-27-23)22(29)18(14-21)12-16-5-9-20(10-6-16)26-28-24;1-14-2-4-15(5-3-14)10-17-12-19(22(27)28)13-18(21(17)26)11-16-6-8-20(9-7-16)24-25-23;1-15-2-4-16(5-3-15)10-19-12-18(14-26)13-20(22(19)27)11-17-6-8-21(9-7-17)24-25-23/h3-12,21,30H,13-14H2,1-2H3;2-11,19H,12-13H2,1H3,(H,27,28);2-11,18,26H,12-14H2,1H3/b17-11+,18-12+;17-10+,18-11+;19-10+,20-11+. The smallest absolute Gasteiger partial charge is 0.307 e. The molecule has 9 rings (SSSR count). The van der Waals surface area contributed by atoms with Gasteiger partial charge in [-0.1, -0.05) is 177 Å². The van der Waals surface area contributed by atoms with Crippen molar-refractivity contribution in [2.75, 3.05) is 6.61 Å². The number of aliphatic carboxylic acids is 1. The van der Waals surface area contributed by atoms with Crippen LogP contribution in [-0.4, -0.2) is 53.3 Å². The molecule has 6 aromatic rings. The zero-order chi connectivity index (χ0) is 61.8. The van der Waals surface area contributed by atoms with Gasteiger partial charge in [0, 0.05) is 82.4 Å². The van der Waals surface area contributed by atoms with E-state index in [-0.39, 0.29) is 48.3 Å². The van der Waals surface area contributed by atoms with Crippen molar-refractivity contribution < 1.29 is 34.2 Å². The number of benzene rings is 6. The molecule has 3 saturated carbocycles. The molecule has 6 aromatic carbocycles. The number of ketones is 3. The first-order valence-electron chi connectivity index (χ1n) is 27.5. The van der Waals surface area contributed by atoms with E-state index in [4.69, 9.17) is 22.1 Å². The van der Waals surface area contributed by atoms with Crippen LogP contribution in [-0.2, 0) is 19.2 Å². The van der Waals surface area contributed by atoms with Crippen molar-refractivity contribution in [2.45, 2.75) is 71.0 Å². The highest BCUT2D eigenvalue weighted by Gasteiger charge is 2.38. The van der Waals surface area contributed by atoms with Gasteiger partial charge in [-0.2, -0.15) is 0 Å². The first-order valence-corrected chi connectivity index (χ1v) is 30.5. The van der Waals surface area contributed by atoms with E-state index in [0.29, 0.717) is 76.3 Å². The number of carboxylic acids is 1. The maximum atomic E-state index is 13.2. The largest absolute Gasteiger partial charge is 0.481 e. The van der Waals surface area contributed by atoms with Crippen LogP contribution in [0, 0.1) is 25.7 Å². The highest BCUT2D eigenvalue weighted by Crippen LogP contribution is 2.41. The minimum absolute atomic E-state index is 0.0209. The number of rotatable bonds is 13. The first-order chi connectivity index (χ1) is 41.3. The van der Waals surface area contributed by atoms with Crippen LogP contribution < -0.4 is 0 Å². The van der Waals surface area contributed by atoms with Gasteiger partial charge in [-0.05, 0) is 169 Å². The Morgan fingerprint density at radius 3 is 0.895 bits per heavy atom. The molecule has 432 valence electrons. The molecule has 3 aliphatic carbocycles. The Morgan fingerprint density at radius 1 is 0.442 bits per heavy atom. The molecule has 0 amide bonds. The first kappa shape index (κ1) is 63.2. The SMILES string of the molecule is C[Si](C)(O)C1C/C(=C\c2ccc(N=[N+]=[N-])cc2)C(=O)/C(=C/c2ccc(N=[N+]=[N-])cc2)C1.Cc1ccc(/C=C2\CC(C(=O)O)C/C(=C\c3ccc(N=[N+]=[N-])cc3)C2=O)cc1.Cc1ccc(/C=C2\CC(CO)C/C(=C\c3ccc(N=[N+]=[N-])cc3)C2=O)cc1. The summed E-state index contributed by atoms with van der Waals surface area (Å²) < 4.78 is 0. The summed E-state index contributed by atoms with van der Waals surface area (Å²) in [5.41, 5.74) is 47.2. The van der Waals surface area contributed by atoms with E-state index in [2.05, 4.69) is 40.1 Å². The third-order valence-corrected chi connectivity index (χ3v) is 17.1. The van der Waals surface area contributed by atoms with E-state index in [1.807, 2.05) is 112 Å². The summed E-state index contributed by atoms with van der Waals surface area (Å²) in [6.45, 7) is 7.85. The van der Waals surface area contributed by atoms with Gasteiger partial charge in [-0.25, -0.2) is 0 Å². The van der Waals surface area contributed by atoms with Gasteiger partial charge in [0.2, 0.25) is 0 Å². The molecule has 3 N–H and O–H groups in total. The van der Waals surface area contributed by atoms with Crippen molar-refractivity contribution in [3.8, 4) is 0 Å². The average Bonchev–Trinajstić information content (AvgIpc) is 1.67. The zero-order valence-electron chi connectivity index (χ0n) is 47.8. The fourth-order valence-corrected chi connectivity index (χ4v) is 11.4. The number of aryl methyl sites for hydroxylation is 2. The van der Waals surface area contributed by atoms with E-state index >= 15 is 0 Å². The quantitative estimate of drug-likeness (QED) is 0.0329. The second-order valence-corrected chi connectivity index (χ2v) is 25.7. The van der Waals surface area contributed by atoms with Crippen LogP contribution in [0.15, 0.2) is 199 Å². The Bertz CT molecular complexity index is 3810. The summed E-state index contributed by atoms with van der Waals surface area (Å²) in [5, 5.41) is 33.4. The Balaban J connectivity index is 0.000000185. The van der Waals surface area contributed by atoms with Crippen LogP contribution in [0.4, 0.5) is 22.7 Å². The Hall–Kier alpha value is -10.4. The third-order valence-electron chi connectivity index (χ3n) is 14.7. The second kappa shape index (κ2) is 30.3. The van der Waals surface area contributed by atoms with Gasteiger partial charge >= 0.3 is 5.97 Å². The summed E-state index contributed by atoms with van der Waals surface area (Å²) in [6.07, 6.45) is 13.5. The van der Waals surface area contributed by atoms with Crippen molar-refractivity contribution in [3.63, 3.8) is 0 Å². The Kier molecular flexibility index (Phi) is 22.2. The van der Waals surface area contributed by atoms with Gasteiger partial charge in [-0.15, -0.1) is 0 Å². The van der Waals surface area contributed by atoms with Crippen molar-refractivity contribution in [3.05, 3.63) is 265 Å². The molecule has 0 radical (unpaired) electrons. The van der Waals surface area contributed by atoms with Gasteiger partial charge in [0.1, 0.15) is 0 Å². The van der Waals surface area contributed by atoms with E-state index in [1.54, 1.807) is 97.1 Å². The van der Waals surface area contributed by atoms with Crippen LogP contribution in [0.3, 0.4) is 0 Å². The fraction of sp³-hybridized carbons (Fsp3) is 0.212. The number of allylic oxidation sites excluding steroid dienone is 6. The minimum atomic E-state index is -2.49. The van der Waals surface area contributed by atoms with Crippen molar-refractivity contribution >= 4 is 90.8 Å². The van der Waals surface area contributed by atoms with Crippen molar-refractivity contribution in [1.82, 2.24) is 0 Å². The number of nitrogens with zero attached hydrogens (tertiary/aromatic N) is 12. The van der Waals surface area contributed by atoms with Crippen molar-refractivity contribution in [1.29, 1.82) is 0 Å². The van der Waals surface area contributed by atoms with E-state index in [0.717, 1.165) is 44.5 Å². The number of carbonyl (C=O) groups is 4. The van der Waals surface area contributed by atoms with Crippen LogP contribution in [0.25, 0.3) is 78.2 Å². The number of azide groups is 4. The maximum Gasteiger partial charge on any atom is 0.307 e. The van der Waals surface area contributed by atoms with Crippen LogP contribution in [0.5, 0.6) is 0 Å². The van der Waals surface area contributed by atoms with Crippen LogP contribution >= 0.6 is 0 Å². The van der Waals surface area contributed by atoms with Gasteiger partial charge in [-0.3, -0.25) is 19.2 Å². The Morgan fingerprint density at radius 2 is 0.674 bits per heavy atom. The number of aliphatic hydroxyl groups is 1. The molecular weight excluding hydrogens is 1100 g/mol. The topological polar surface area (TPSA) is 324 Å². The lowest BCUT2D eigenvalue weighted by Gasteiger charge is -2.32. The molecule has 0 heterocycles. The highest BCUT2D eigenvalue weighted by molar-refractivity contribution is 6.71. The lowest BCUT2D eigenvalue weighted by atomic mass is 9.80. The van der Waals surface area contributed by atoms with Gasteiger partial charge in [0.05, 0.1) is 5.92 Å². The highest BCUT2D eigenvalue weighted by atomic mass is 28.4. The number of hydrogen-bond donors (Lipinski definition) is 3. The monoisotopic (exact) mass is 1160 g/mol. The number of Topliss-reactive ketones (excluding diaryl/α,β-unsaturated/α-hetero) is 3. The molecule has 0 spiro atoms. The fourth-order valence-electron chi connectivity index (χ4n) is 9.91. The molecule has 2 atom stereocenters. The van der Waals surface area contributed by atoms with E-state index in [1.165, 1.54) is 5.56 Å². The Labute approximate surface area is 498 Å². The van der Waals surface area contributed by atoms with Crippen LogP contribution in [0.1, 0.15) is 83.0 Å². The third kappa shape index (κ3) is 18.3. The van der Waals surface area contributed by atoms with Crippen LogP contribution in [0.2, 0.25) is 18.6 Å². The van der Waals surface area contributed by atoms with Gasteiger partial charge in [0.15, 0.2) is 25.7 Å². The summed E-state index contributed by atoms with van der Waals surface area (Å²) in [4.78, 5) is 72.5. The number of carboxylic acid groups (broad SMARTS) is 1. The molecule has 0 saturated heterocycles. The summed E-state index contributed by atoms with van der Waals surface area (Å²) in [7, 11) is -2.49. The lowest BCUT2D eigenvalue weighted by Crippen LogP contribution is -2.36. The molecule has 0 aromatic heterocycles. The molecule has 3 fully saturated rings. The van der Waals surface area contributed by atoms with Crippen molar-refractivity contribution in [2.24, 2.45) is 32.3 Å².